The molecule has 0 aromatic carbocycles. The fraction of sp³-hybridized carbons (Fsp3) is 0.611. The van der Waals surface area contributed by atoms with Crippen molar-refractivity contribution < 1.29 is 9.53 Å². The second-order valence-electron chi connectivity index (χ2n) is 6.47. The molecule has 0 spiro atoms. The monoisotopic (exact) mass is 276 g/mol. The molecule has 20 heavy (non-hydrogen) atoms. The van der Waals surface area contributed by atoms with Crippen LogP contribution in [0, 0.1) is 11.3 Å². The highest BCUT2D eigenvalue weighted by Crippen LogP contribution is 2.44. The van der Waals surface area contributed by atoms with E-state index < -0.39 is 0 Å². The Kier molecular flexibility index (Phi) is 5.79. The third-order valence-corrected chi connectivity index (χ3v) is 4.06. The average molecular weight is 276 g/mol. The molecule has 0 aromatic rings. The molecule has 112 valence electrons. The minimum Gasteiger partial charge on any atom is -0.463 e. The molecule has 0 aliphatic heterocycles. The molecule has 0 radical (unpaired) electrons. The Balaban J connectivity index is 2.63. The van der Waals surface area contributed by atoms with Crippen molar-refractivity contribution in [2.45, 2.75) is 53.9 Å². The SMILES string of the molecule is C=C1C=C(C)CC(C)(C)C1CC/C=C(/C)C(=O)OCC. The molecule has 1 atom stereocenters. The van der Waals surface area contributed by atoms with Gasteiger partial charge in [0.05, 0.1) is 6.61 Å². The van der Waals surface area contributed by atoms with Crippen LogP contribution in [0.5, 0.6) is 0 Å². The van der Waals surface area contributed by atoms with E-state index >= 15 is 0 Å². The van der Waals surface area contributed by atoms with Gasteiger partial charge in [0.1, 0.15) is 0 Å². The highest BCUT2D eigenvalue weighted by molar-refractivity contribution is 5.87. The predicted octanol–water partition coefficient (Wildman–Crippen LogP) is 4.82. The number of carbonyl (C=O) groups excluding carboxylic acids is 1. The first-order chi connectivity index (χ1) is 9.27. The maximum absolute atomic E-state index is 11.5. The van der Waals surface area contributed by atoms with Crippen molar-refractivity contribution in [2.75, 3.05) is 6.61 Å². The third-order valence-electron chi connectivity index (χ3n) is 4.06. The number of carbonyl (C=O) groups is 1. The molecular weight excluding hydrogens is 248 g/mol. The van der Waals surface area contributed by atoms with Crippen molar-refractivity contribution >= 4 is 5.97 Å². The van der Waals surface area contributed by atoms with E-state index in [0.717, 1.165) is 19.3 Å². The van der Waals surface area contributed by atoms with Gasteiger partial charge < -0.3 is 4.74 Å². The molecule has 0 N–H and O–H groups in total. The lowest BCUT2D eigenvalue weighted by Crippen LogP contribution is -2.28. The minimum absolute atomic E-state index is 0.204. The van der Waals surface area contributed by atoms with Crippen LogP contribution in [0.3, 0.4) is 0 Å². The van der Waals surface area contributed by atoms with Gasteiger partial charge in [-0.1, -0.05) is 43.7 Å². The van der Waals surface area contributed by atoms with Crippen molar-refractivity contribution in [3.05, 3.63) is 35.5 Å². The standard InChI is InChI=1S/C18H28O2/c1-7-20-17(19)14(3)9-8-10-16-15(4)11-13(2)12-18(16,5)6/h9,11,16H,4,7-8,10,12H2,1-3,5-6H3/b14-9-. The zero-order valence-corrected chi connectivity index (χ0v) is 13.6. The van der Waals surface area contributed by atoms with Gasteiger partial charge in [-0.3, -0.25) is 0 Å². The maximum Gasteiger partial charge on any atom is 0.333 e. The van der Waals surface area contributed by atoms with Gasteiger partial charge in [0, 0.05) is 5.57 Å². The number of ether oxygens (including phenoxy) is 1. The average Bonchev–Trinajstić information content (AvgIpc) is 2.31. The summed E-state index contributed by atoms with van der Waals surface area (Å²) in [5.74, 6) is 0.280. The van der Waals surface area contributed by atoms with Gasteiger partial charge in [0.2, 0.25) is 0 Å². The largest absolute Gasteiger partial charge is 0.463 e. The second kappa shape index (κ2) is 6.92. The predicted molar refractivity (Wildman–Crippen MR) is 84.4 cm³/mol. The van der Waals surface area contributed by atoms with E-state index in [1.165, 1.54) is 11.1 Å². The van der Waals surface area contributed by atoms with Gasteiger partial charge in [-0.2, -0.15) is 0 Å². The van der Waals surface area contributed by atoms with Crippen molar-refractivity contribution in [3.8, 4) is 0 Å². The first kappa shape index (κ1) is 16.7. The molecule has 0 saturated heterocycles. The lowest BCUT2D eigenvalue weighted by Gasteiger charge is -2.39. The molecule has 1 unspecified atom stereocenters. The molecular formula is C18H28O2. The zero-order valence-electron chi connectivity index (χ0n) is 13.6. The zero-order chi connectivity index (χ0) is 15.3. The summed E-state index contributed by atoms with van der Waals surface area (Å²) in [5.41, 5.74) is 3.59. The Hall–Kier alpha value is -1.31. The minimum atomic E-state index is -0.204. The van der Waals surface area contributed by atoms with Crippen LogP contribution in [0.4, 0.5) is 0 Å². The van der Waals surface area contributed by atoms with E-state index in [4.69, 9.17) is 4.74 Å². The lowest BCUT2D eigenvalue weighted by atomic mass is 9.66. The van der Waals surface area contributed by atoms with Crippen molar-refractivity contribution in [1.29, 1.82) is 0 Å². The molecule has 0 fully saturated rings. The molecule has 2 heteroatoms. The van der Waals surface area contributed by atoms with Crippen LogP contribution in [0.2, 0.25) is 0 Å². The summed E-state index contributed by atoms with van der Waals surface area (Å²) >= 11 is 0. The number of hydrogen-bond donors (Lipinski definition) is 0. The van der Waals surface area contributed by atoms with Crippen LogP contribution < -0.4 is 0 Å². The topological polar surface area (TPSA) is 26.3 Å². The van der Waals surface area contributed by atoms with E-state index in [9.17, 15) is 4.79 Å². The molecule has 1 aliphatic rings. The summed E-state index contributed by atoms with van der Waals surface area (Å²) in [5, 5.41) is 0. The molecule has 0 aromatic heterocycles. The highest BCUT2D eigenvalue weighted by Gasteiger charge is 2.33. The molecule has 0 amide bonds. The summed E-state index contributed by atoms with van der Waals surface area (Å²) < 4.78 is 4.99. The molecule has 0 bridgehead atoms. The van der Waals surface area contributed by atoms with Gasteiger partial charge in [-0.25, -0.2) is 4.79 Å². The summed E-state index contributed by atoms with van der Waals surface area (Å²) in [4.78, 5) is 11.5. The fourth-order valence-electron chi connectivity index (χ4n) is 3.18. The molecule has 0 saturated carbocycles. The first-order valence-corrected chi connectivity index (χ1v) is 7.47. The Morgan fingerprint density at radius 1 is 1.55 bits per heavy atom. The Morgan fingerprint density at radius 3 is 2.75 bits per heavy atom. The number of esters is 1. The fourth-order valence-corrected chi connectivity index (χ4v) is 3.18. The summed E-state index contributed by atoms with van der Waals surface area (Å²) in [6.07, 6.45) is 7.26. The van der Waals surface area contributed by atoms with Crippen molar-refractivity contribution in [1.82, 2.24) is 0 Å². The number of hydrogen-bond acceptors (Lipinski definition) is 2. The van der Waals surface area contributed by atoms with Gasteiger partial charge in [0.25, 0.3) is 0 Å². The van der Waals surface area contributed by atoms with Gasteiger partial charge in [-0.15, -0.1) is 0 Å². The van der Waals surface area contributed by atoms with E-state index in [-0.39, 0.29) is 11.4 Å². The van der Waals surface area contributed by atoms with Gasteiger partial charge in [0.15, 0.2) is 0 Å². The molecule has 2 nitrogen and oxygen atoms in total. The quantitative estimate of drug-likeness (QED) is 0.531. The Bertz CT molecular complexity index is 438. The van der Waals surface area contributed by atoms with Crippen LogP contribution in [-0.4, -0.2) is 12.6 Å². The molecule has 1 aliphatic carbocycles. The lowest BCUT2D eigenvalue weighted by molar-refractivity contribution is -0.138. The van der Waals surface area contributed by atoms with E-state index in [2.05, 4.69) is 33.4 Å². The summed E-state index contributed by atoms with van der Waals surface area (Å²) in [6, 6.07) is 0. The smallest absolute Gasteiger partial charge is 0.333 e. The van der Waals surface area contributed by atoms with Gasteiger partial charge in [-0.05, 0) is 51.4 Å². The van der Waals surface area contributed by atoms with Crippen LogP contribution >= 0.6 is 0 Å². The Morgan fingerprint density at radius 2 is 2.20 bits per heavy atom. The highest BCUT2D eigenvalue weighted by atomic mass is 16.5. The normalized spacial score (nSPS) is 22.4. The second-order valence-corrected chi connectivity index (χ2v) is 6.47. The van der Waals surface area contributed by atoms with Crippen molar-refractivity contribution in [3.63, 3.8) is 0 Å². The summed E-state index contributed by atoms with van der Waals surface area (Å²) in [7, 11) is 0. The number of allylic oxidation sites excluding steroid dienone is 4. The van der Waals surface area contributed by atoms with Gasteiger partial charge >= 0.3 is 5.97 Å². The maximum atomic E-state index is 11.5. The van der Waals surface area contributed by atoms with Crippen molar-refractivity contribution in [2.24, 2.45) is 11.3 Å². The van der Waals surface area contributed by atoms with E-state index in [0.29, 0.717) is 18.1 Å². The van der Waals surface area contributed by atoms with Crippen LogP contribution in [0.15, 0.2) is 35.5 Å². The van der Waals surface area contributed by atoms with Crippen LogP contribution in [0.25, 0.3) is 0 Å². The van der Waals surface area contributed by atoms with E-state index in [1.807, 2.05) is 19.9 Å². The third kappa shape index (κ3) is 4.36. The Labute approximate surface area is 123 Å². The van der Waals surface area contributed by atoms with E-state index in [1.54, 1.807) is 0 Å². The molecule has 0 heterocycles. The molecule has 1 rings (SSSR count). The van der Waals surface area contributed by atoms with Crippen LogP contribution in [-0.2, 0) is 9.53 Å². The van der Waals surface area contributed by atoms with Crippen LogP contribution in [0.1, 0.15) is 53.9 Å². The number of rotatable bonds is 5. The summed E-state index contributed by atoms with van der Waals surface area (Å²) in [6.45, 7) is 15.1. The first-order valence-electron chi connectivity index (χ1n) is 7.47.